The summed E-state index contributed by atoms with van der Waals surface area (Å²) in [6.07, 6.45) is 0.938. The molecule has 27 heavy (non-hydrogen) atoms. The fraction of sp³-hybridized carbons (Fsp3) is 0.273. The van der Waals surface area contributed by atoms with E-state index in [1.807, 2.05) is 60.7 Å². The minimum Gasteiger partial charge on any atom is -0.497 e. The smallest absolute Gasteiger partial charge is 0.270 e. The Labute approximate surface area is 160 Å². The number of amides is 1. The van der Waals surface area contributed by atoms with Gasteiger partial charge in [-0.15, -0.1) is 0 Å². The summed E-state index contributed by atoms with van der Waals surface area (Å²) in [5.74, 6) is 1.18. The van der Waals surface area contributed by atoms with Crippen LogP contribution in [-0.4, -0.2) is 29.3 Å². The molecule has 0 saturated heterocycles. The summed E-state index contributed by atoms with van der Waals surface area (Å²) in [4.78, 5) is 12.8. The van der Waals surface area contributed by atoms with E-state index in [4.69, 9.17) is 4.74 Å². The zero-order valence-corrected chi connectivity index (χ0v) is 16.0. The first-order valence-electron chi connectivity index (χ1n) is 9.16. The van der Waals surface area contributed by atoms with Crippen molar-refractivity contribution in [2.75, 3.05) is 13.7 Å². The van der Waals surface area contributed by atoms with Gasteiger partial charge in [0.1, 0.15) is 11.4 Å². The molecular weight excluding hydrogens is 338 g/mol. The van der Waals surface area contributed by atoms with E-state index >= 15 is 0 Å². The van der Waals surface area contributed by atoms with Crippen LogP contribution in [0.3, 0.4) is 0 Å². The maximum absolute atomic E-state index is 12.8. The molecule has 0 bridgehead atoms. The van der Waals surface area contributed by atoms with Gasteiger partial charge >= 0.3 is 0 Å². The van der Waals surface area contributed by atoms with Crippen LogP contribution < -0.4 is 10.1 Å². The number of carbonyl (C=O) groups is 1. The van der Waals surface area contributed by atoms with Crippen molar-refractivity contribution < 1.29 is 9.53 Å². The van der Waals surface area contributed by atoms with Crippen LogP contribution in [0, 0.1) is 5.92 Å². The highest BCUT2D eigenvalue weighted by atomic mass is 16.5. The molecule has 0 aliphatic carbocycles. The van der Waals surface area contributed by atoms with Crippen LogP contribution in [0.25, 0.3) is 16.9 Å². The molecule has 3 aromatic rings. The molecule has 5 heteroatoms. The van der Waals surface area contributed by atoms with Crippen LogP contribution in [0.4, 0.5) is 0 Å². The molecule has 0 aliphatic rings. The normalized spacial score (nSPS) is 10.8. The highest BCUT2D eigenvalue weighted by molar-refractivity contribution is 5.94. The maximum Gasteiger partial charge on any atom is 0.270 e. The van der Waals surface area contributed by atoms with Gasteiger partial charge in [-0.25, -0.2) is 4.68 Å². The second-order valence-corrected chi connectivity index (χ2v) is 6.83. The van der Waals surface area contributed by atoms with Crippen LogP contribution in [-0.2, 0) is 0 Å². The molecule has 1 aromatic heterocycles. The van der Waals surface area contributed by atoms with Crippen molar-refractivity contribution in [3.63, 3.8) is 0 Å². The molecule has 3 rings (SSSR count). The summed E-state index contributed by atoms with van der Waals surface area (Å²) < 4.78 is 6.91. The lowest BCUT2D eigenvalue weighted by Crippen LogP contribution is -2.27. The van der Waals surface area contributed by atoms with Gasteiger partial charge in [-0.2, -0.15) is 5.10 Å². The standard InChI is InChI=1S/C22H25N3O2/c1-16(2)13-14-23-22(26)21-15-20(17-7-5-4-6-8-17)24-25(21)18-9-11-19(27-3)12-10-18/h4-12,15-16H,13-14H2,1-3H3,(H,23,26). The van der Waals surface area contributed by atoms with E-state index < -0.39 is 0 Å². The SMILES string of the molecule is COc1ccc(-n2nc(-c3ccccc3)cc2C(=O)NCCC(C)C)cc1. The lowest BCUT2D eigenvalue weighted by Gasteiger charge is -2.10. The fourth-order valence-electron chi connectivity index (χ4n) is 2.78. The van der Waals surface area contributed by atoms with Crippen molar-refractivity contribution in [2.45, 2.75) is 20.3 Å². The first kappa shape index (κ1) is 18.7. The molecule has 0 saturated carbocycles. The van der Waals surface area contributed by atoms with Crippen LogP contribution in [0.5, 0.6) is 5.75 Å². The van der Waals surface area contributed by atoms with Crippen molar-refractivity contribution in [3.05, 3.63) is 66.4 Å². The second kappa shape index (κ2) is 8.54. The topological polar surface area (TPSA) is 56.2 Å². The Hall–Kier alpha value is -3.08. The third kappa shape index (κ3) is 4.56. The average Bonchev–Trinajstić information content (AvgIpc) is 3.14. The van der Waals surface area contributed by atoms with E-state index in [-0.39, 0.29) is 5.91 Å². The van der Waals surface area contributed by atoms with Crippen LogP contribution in [0.1, 0.15) is 30.8 Å². The number of hydrogen-bond acceptors (Lipinski definition) is 3. The van der Waals surface area contributed by atoms with Gasteiger partial charge in [0.15, 0.2) is 0 Å². The molecule has 0 radical (unpaired) electrons. The highest BCUT2D eigenvalue weighted by Gasteiger charge is 2.17. The largest absolute Gasteiger partial charge is 0.497 e. The Morgan fingerprint density at radius 1 is 1.11 bits per heavy atom. The van der Waals surface area contributed by atoms with E-state index in [2.05, 4.69) is 24.3 Å². The van der Waals surface area contributed by atoms with Crippen LogP contribution in [0.15, 0.2) is 60.7 Å². The number of ether oxygens (including phenoxy) is 1. The number of methoxy groups -OCH3 is 1. The predicted octanol–water partition coefficient (Wildman–Crippen LogP) is 4.32. The quantitative estimate of drug-likeness (QED) is 0.680. The monoisotopic (exact) mass is 363 g/mol. The first-order valence-corrected chi connectivity index (χ1v) is 9.16. The van der Waals surface area contributed by atoms with Crippen molar-refractivity contribution in [3.8, 4) is 22.7 Å². The lowest BCUT2D eigenvalue weighted by atomic mass is 10.1. The molecule has 1 amide bonds. The summed E-state index contributed by atoms with van der Waals surface area (Å²) in [5.41, 5.74) is 3.07. The molecule has 0 aliphatic heterocycles. The zero-order valence-electron chi connectivity index (χ0n) is 16.0. The van der Waals surface area contributed by atoms with Gasteiger partial charge in [0, 0.05) is 12.1 Å². The molecule has 140 valence electrons. The summed E-state index contributed by atoms with van der Waals surface area (Å²) in [6.45, 7) is 4.92. The van der Waals surface area contributed by atoms with Crippen LogP contribution >= 0.6 is 0 Å². The Bertz CT molecular complexity index is 884. The number of hydrogen-bond donors (Lipinski definition) is 1. The molecule has 1 heterocycles. The fourth-order valence-corrected chi connectivity index (χ4v) is 2.78. The van der Waals surface area contributed by atoms with E-state index in [1.165, 1.54) is 0 Å². The Morgan fingerprint density at radius 3 is 2.44 bits per heavy atom. The maximum atomic E-state index is 12.8. The number of aromatic nitrogens is 2. The minimum atomic E-state index is -0.124. The Kier molecular flexibility index (Phi) is 5.91. The number of carbonyl (C=O) groups excluding carboxylic acids is 1. The summed E-state index contributed by atoms with van der Waals surface area (Å²) in [6, 6.07) is 19.2. The number of rotatable bonds is 7. The molecule has 0 fully saturated rings. The Balaban J connectivity index is 1.96. The van der Waals surface area contributed by atoms with E-state index in [0.29, 0.717) is 18.2 Å². The van der Waals surface area contributed by atoms with Gasteiger partial charge in [-0.1, -0.05) is 44.2 Å². The third-order valence-electron chi connectivity index (χ3n) is 4.34. The number of nitrogens with one attached hydrogen (secondary N) is 1. The van der Waals surface area contributed by atoms with Gasteiger partial charge in [0.2, 0.25) is 0 Å². The molecule has 5 nitrogen and oxygen atoms in total. The molecule has 0 spiro atoms. The molecular formula is C22H25N3O2. The zero-order chi connectivity index (χ0) is 19.2. The summed E-state index contributed by atoms with van der Waals surface area (Å²) in [5, 5.41) is 7.69. The predicted molar refractivity (Wildman–Crippen MR) is 107 cm³/mol. The molecule has 2 aromatic carbocycles. The third-order valence-corrected chi connectivity index (χ3v) is 4.34. The van der Waals surface area contributed by atoms with Crippen molar-refractivity contribution in [2.24, 2.45) is 5.92 Å². The summed E-state index contributed by atoms with van der Waals surface area (Å²) >= 11 is 0. The number of benzene rings is 2. The number of nitrogens with zero attached hydrogens (tertiary/aromatic N) is 2. The average molecular weight is 363 g/mol. The van der Waals surface area contributed by atoms with Gasteiger partial charge in [-0.3, -0.25) is 4.79 Å². The minimum absolute atomic E-state index is 0.124. The highest BCUT2D eigenvalue weighted by Crippen LogP contribution is 2.23. The Morgan fingerprint density at radius 2 is 1.81 bits per heavy atom. The van der Waals surface area contributed by atoms with Gasteiger partial charge < -0.3 is 10.1 Å². The molecule has 0 atom stereocenters. The van der Waals surface area contributed by atoms with E-state index in [0.717, 1.165) is 29.1 Å². The van der Waals surface area contributed by atoms with Crippen molar-refractivity contribution in [1.82, 2.24) is 15.1 Å². The van der Waals surface area contributed by atoms with Crippen molar-refractivity contribution in [1.29, 1.82) is 0 Å². The van der Waals surface area contributed by atoms with Crippen molar-refractivity contribution >= 4 is 5.91 Å². The van der Waals surface area contributed by atoms with Gasteiger partial charge in [0.25, 0.3) is 5.91 Å². The second-order valence-electron chi connectivity index (χ2n) is 6.83. The van der Waals surface area contributed by atoms with E-state index in [9.17, 15) is 4.79 Å². The van der Waals surface area contributed by atoms with Crippen LogP contribution in [0.2, 0.25) is 0 Å². The van der Waals surface area contributed by atoms with Gasteiger partial charge in [-0.05, 0) is 42.7 Å². The first-order chi connectivity index (χ1) is 13.1. The summed E-state index contributed by atoms with van der Waals surface area (Å²) in [7, 11) is 1.63. The molecule has 1 N–H and O–H groups in total. The van der Waals surface area contributed by atoms with Gasteiger partial charge in [0.05, 0.1) is 18.5 Å². The molecule has 0 unspecified atom stereocenters. The lowest BCUT2D eigenvalue weighted by molar-refractivity contribution is 0.0944. The van der Waals surface area contributed by atoms with E-state index in [1.54, 1.807) is 11.8 Å².